The van der Waals surface area contributed by atoms with Gasteiger partial charge >= 0.3 is 6.09 Å². The number of nitrogens with zero attached hydrogens (tertiary/aromatic N) is 1. The maximum atomic E-state index is 12.9. The van der Waals surface area contributed by atoms with E-state index in [4.69, 9.17) is 4.74 Å². The van der Waals surface area contributed by atoms with E-state index in [0.717, 1.165) is 25.8 Å². The minimum Gasteiger partial charge on any atom is -0.444 e. The smallest absolute Gasteiger partial charge is 0.410 e. The van der Waals surface area contributed by atoms with Gasteiger partial charge in [-0.15, -0.1) is 0 Å². The highest BCUT2D eigenvalue weighted by atomic mass is 16.6. The van der Waals surface area contributed by atoms with E-state index in [1.807, 2.05) is 20.8 Å². The molecule has 1 saturated carbocycles. The van der Waals surface area contributed by atoms with E-state index in [0.29, 0.717) is 17.4 Å². The number of hydrogen-bond donors (Lipinski definition) is 0. The van der Waals surface area contributed by atoms with Gasteiger partial charge in [0, 0.05) is 18.0 Å². The lowest BCUT2D eigenvalue weighted by atomic mass is 9.52. The van der Waals surface area contributed by atoms with Crippen LogP contribution in [0.15, 0.2) is 18.2 Å². The Morgan fingerprint density at radius 1 is 1.27 bits per heavy atom. The van der Waals surface area contributed by atoms with Crippen LogP contribution in [0, 0.1) is 5.92 Å². The molecule has 3 aliphatic rings. The van der Waals surface area contributed by atoms with Crippen LogP contribution >= 0.6 is 0 Å². The van der Waals surface area contributed by atoms with Crippen molar-refractivity contribution in [3.8, 4) is 0 Å². The molecule has 4 rings (SSSR count). The number of piperidine rings is 1. The number of amides is 1. The molecule has 2 aliphatic carbocycles. The van der Waals surface area contributed by atoms with E-state index in [-0.39, 0.29) is 6.09 Å². The zero-order valence-corrected chi connectivity index (χ0v) is 16.8. The summed E-state index contributed by atoms with van der Waals surface area (Å²) in [5, 5.41) is 0. The van der Waals surface area contributed by atoms with Crippen molar-refractivity contribution < 1.29 is 9.53 Å². The van der Waals surface area contributed by atoms with Gasteiger partial charge in [-0.1, -0.05) is 38.0 Å². The van der Waals surface area contributed by atoms with Crippen LogP contribution < -0.4 is 0 Å². The van der Waals surface area contributed by atoms with E-state index < -0.39 is 5.60 Å². The van der Waals surface area contributed by atoms with Gasteiger partial charge in [0.1, 0.15) is 5.60 Å². The lowest BCUT2D eigenvalue weighted by Gasteiger charge is -2.58. The second-order valence-electron chi connectivity index (χ2n) is 9.55. The molecule has 1 heterocycles. The minimum atomic E-state index is -0.430. The van der Waals surface area contributed by atoms with Crippen LogP contribution in [0.1, 0.15) is 76.5 Å². The third kappa shape index (κ3) is 2.84. The summed E-state index contributed by atoms with van der Waals surface area (Å²) in [6.07, 6.45) is 8.23. The van der Waals surface area contributed by atoms with E-state index in [1.54, 1.807) is 5.56 Å². The van der Waals surface area contributed by atoms with Crippen molar-refractivity contribution in [1.29, 1.82) is 0 Å². The van der Waals surface area contributed by atoms with Crippen molar-refractivity contribution in [1.82, 2.24) is 4.90 Å². The Bertz CT molecular complexity index is 705. The number of aryl methyl sites for hydroxylation is 1. The highest BCUT2D eigenvalue weighted by Crippen LogP contribution is 2.56. The molecule has 3 atom stereocenters. The van der Waals surface area contributed by atoms with Gasteiger partial charge in [-0.2, -0.15) is 0 Å². The molecule has 2 bridgehead atoms. The zero-order chi connectivity index (χ0) is 18.5. The van der Waals surface area contributed by atoms with E-state index >= 15 is 0 Å². The Balaban J connectivity index is 1.72. The lowest BCUT2D eigenvalue weighted by Crippen LogP contribution is -2.62. The van der Waals surface area contributed by atoms with E-state index in [9.17, 15) is 4.79 Å². The van der Waals surface area contributed by atoms with Crippen LogP contribution in [0.5, 0.6) is 0 Å². The van der Waals surface area contributed by atoms with Crippen molar-refractivity contribution in [2.45, 2.75) is 89.7 Å². The molecule has 0 radical (unpaired) electrons. The lowest BCUT2D eigenvalue weighted by molar-refractivity contribution is -0.0349. The normalized spacial score (nSPS) is 30.4. The summed E-state index contributed by atoms with van der Waals surface area (Å²) in [4.78, 5) is 15.0. The Kier molecular flexibility index (Phi) is 4.32. The largest absolute Gasteiger partial charge is 0.444 e. The summed E-state index contributed by atoms with van der Waals surface area (Å²) >= 11 is 0. The van der Waals surface area contributed by atoms with Gasteiger partial charge in [-0.3, -0.25) is 0 Å². The summed E-state index contributed by atoms with van der Waals surface area (Å²) in [6, 6.07) is 7.42. The molecule has 3 unspecified atom stereocenters. The van der Waals surface area contributed by atoms with Crippen molar-refractivity contribution >= 4 is 6.09 Å². The van der Waals surface area contributed by atoms with Crippen LogP contribution in [0.4, 0.5) is 4.79 Å². The number of hydrogen-bond acceptors (Lipinski definition) is 2. The standard InChI is InChI=1S/C23H33NO2/c1-5-16-9-10-17-15-20-18-8-6-7-11-23(18,19(17)14-16)12-13-24(20)21(25)26-22(2,3)4/h9-10,14,18,20H,5-8,11-13,15H2,1-4H3. The third-order valence-corrected chi connectivity index (χ3v) is 6.94. The number of benzene rings is 1. The molecular weight excluding hydrogens is 322 g/mol. The molecule has 26 heavy (non-hydrogen) atoms. The van der Waals surface area contributed by atoms with Crippen molar-refractivity contribution in [2.75, 3.05) is 6.54 Å². The van der Waals surface area contributed by atoms with Crippen LogP contribution in [-0.4, -0.2) is 29.2 Å². The molecule has 3 heteroatoms. The molecule has 0 spiro atoms. The first-order valence-corrected chi connectivity index (χ1v) is 10.5. The first kappa shape index (κ1) is 17.9. The Morgan fingerprint density at radius 2 is 2.08 bits per heavy atom. The molecule has 142 valence electrons. The number of likely N-dealkylation sites (tertiary alicyclic amines) is 1. The number of ether oxygens (including phenoxy) is 1. The number of rotatable bonds is 1. The number of fused-ring (bicyclic) bond motifs is 1. The molecule has 0 aromatic heterocycles. The Morgan fingerprint density at radius 3 is 2.81 bits per heavy atom. The summed E-state index contributed by atoms with van der Waals surface area (Å²) in [7, 11) is 0. The van der Waals surface area contributed by atoms with Crippen molar-refractivity contribution in [2.24, 2.45) is 5.92 Å². The average molecular weight is 356 g/mol. The zero-order valence-electron chi connectivity index (χ0n) is 16.8. The van der Waals surface area contributed by atoms with Gasteiger partial charge in [0.05, 0.1) is 0 Å². The van der Waals surface area contributed by atoms with Crippen LogP contribution in [0.25, 0.3) is 0 Å². The first-order chi connectivity index (χ1) is 12.3. The molecule has 1 saturated heterocycles. The fourth-order valence-electron chi connectivity index (χ4n) is 5.82. The third-order valence-electron chi connectivity index (χ3n) is 6.94. The summed E-state index contributed by atoms with van der Waals surface area (Å²) in [6.45, 7) is 8.97. The van der Waals surface area contributed by atoms with E-state index in [1.165, 1.54) is 36.8 Å². The monoisotopic (exact) mass is 355 g/mol. The fraction of sp³-hybridized carbons (Fsp3) is 0.696. The maximum Gasteiger partial charge on any atom is 0.410 e. The van der Waals surface area contributed by atoms with Gasteiger partial charge in [0.15, 0.2) is 0 Å². The Labute approximate surface area is 158 Å². The highest BCUT2D eigenvalue weighted by molar-refractivity contribution is 5.69. The molecule has 1 aromatic rings. The van der Waals surface area contributed by atoms with Crippen LogP contribution in [0.3, 0.4) is 0 Å². The SMILES string of the molecule is CCc1ccc2c(c1)C13CCCCC1C(C2)N(C(=O)OC(C)(C)C)CC3. The average Bonchev–Trinajstić information content (AvgIpc) is 2.60. The maximum absolute atomic E-state index is 12.9. The quantitative estimate of drug-likeness (QED) is 0.689. The predicted octanol–water partition coefficient (Wildman–Crippen LogP) is 5.24. The Hall–Kier alpha value is -1.51. The molecule has 2 fully saturated rings. The predicted molar refractivity (Wildman–Crippen MR) is 105 cm³/mol. The number of carbonyl (C=O) groups is 1. The molecule has 1 aliphatic heterocycles. The summed E-state index contributed by atoms with van der Waals surface area (Å²) in [5.41, 5.74) is 4.40. The van der Waals surface area contributed by atoms with Gasteiger partial charge in [0.25, 0.3) is 0 Å². The van der Waals surface area contributed by atoms with Gasteiger partial charge in [-0.25, -0.2) is 4.79 Å². The van der Waals surface area contributed by atoms with Crippen LogP contribution in [0.2, 0.25) is 0 Å². The summed E-state index contributed by atoms with van der Waals surface area (Å²) in [5.74, 6) is 0.595. The van der Waals surface area contributed by atoms with Crippen LogP contribution in [-0.2, 0) is 23.0 Å². The molecule has 1 amide bonds. The second kappa shape index (κ2) is 6.28. The second-order valence-corrected chi connectivity index (χ2v) is 9.55. The highest BCUT2D eigenvalue weighted by Gasteiger charge is 2.55. The number of carbonyl (C=O) groups excluding carboxylic acids is 1. The van der Waals surface area contributed by atoms with Gasteiger partial charge in [-0.05, 0) is 75.5 Å². The molecule has 1 aromatic carbocycles. The molecule has 0 N–H and O–H groups in total. The molecular formula is C23H33NO2. The topological polar surface area (TPSA) is 29.5 Å². The summed E-state index contributed by atoms with van der Waals surface area (Å²) < 4.78 is 5.76. The first-order valence-electron chi connectivity index (χ1n) is 10.5. The molecule has 3 nitrogen and oxygen atoms in total. The minimum absolute atomic E-state index is 0.115. The van der Waals surface area contributed by atoms with E-state index in [2.05, 4.69) is 30.0 Å². The van der Waals surface area contributed by atoms with Gasteiger partial charge in [0.2, 0.25) is 0 Å². The fourth-order valence-corrected chi connectivity index (χ4v) is 5.82. The van der Waals surface area contributed by atoms with Crippen molar-refractivity contribution in [3.63, 3.8) is 0 Å². The van der Waals surface area contributed by atoms with Gasteiger partial charge < -0.3 is 9.64 Å². The van der Waals surface area contributed by atoms with Crippen molar-refractivity contribution in [3.05, 3.63) is 34.9 Å².